The molecule has 0 aliphatic heterocycles. The fraction of sp³-hybridized carbons (Fsp3) is 0.273. The average Bonchev–Trinajstić information content (AvgIpc) is 2.16. The second-order valence-corrected chi connectivity index (χ2v) is 3.32. The zero-order valence-electron chi connectivity index (χ0n) is 9.33. The summed E-state index contributed by atoms with van der Waals surface area (Å²) in [4.78, 5) is 10.9. The monoisotopic (exact) mass is 243 g/mol. The van der Waals surface area contributed by atoms with Crippen molar-refractivity contribution in [3.8, 4) is 0 Å². The first-order chi connectivity index (χ1) is 6.97. The first-order valence-corrected chi connectivity index (χ1v) is 4.44. The van der Waals surface area contributed by atoms with E-state index in [1.165, 1.54) is 13.2 Å². The maximum Gasteiger partial charge on any atom is 0.335 e. The third-order valence-corrected chi connectivity index (χ3v) is 2.25. The van der Waals surface area contributed by atoms with Crippen LogP contribution in [0.1, 0.15) is 27.0 Å². The lowest BCUT2D eigenvalue weighted by atomic mass is 10.00. The molecule has 0 heterocycles. The molecule has 1 aromatic rings. The van der Waals surface area contributed by atoms with E-state index in [1.54, 1.807) is 13.0 Å². The minimum atomic E-state index is -0.988. The van der Waals surface area contributed by atoms with Gasteiger partial charge in [0.1, 0.15) is 0 Å². The van der Waals surface area contributed by atoms with Gasteiger partial charge in [0.25, 0.3) is 0 Å². The molecular weight excluding hydrogens is 230 g/mol. The molecule has 1 rings (SSSR count). The second-order valence-electron chi connectivity index (χ2n) is 3.32. The van der Waals surface area contributed by atoms with Crippen LogP contribution in [-0.4, -0.2) is 24.1 Å². The summed E-state index contributed by atoms with van der Waals surface area (Å²) >= 11 is 0. The molecule has 0 bridgehead atoms. The number of halogens is 1. The second kappa shape index (κ2) is 5.51. The highest BCUT2D eigenvalue weighted by atomic mass is 35.5. The largest absolute Gasteiger partial charge is 0.481 e. The first kappa shape index (κ1) is 14.5. The average molecular weight is 244 g/mol. The molecule has 0 amide bonds. The lowest BCUT2D eigenvalue weighted by Gasteiger charge is -2.09. The zero-order chi connectivity index (χ0) is 11.6. The normalized spacial score (nSPS) is 9.19. The maximum absolute atomic E-state index is 10.9. The number of hydrogen-bond donors (Lipinski definition) is 2. The number of aromatic carboxylic acids is 1. The van der Waals surface area contributed by atoms with Gasteiger partial charge < -0.3 is 9.84 Å². The van der Waals surface area contributed by atoms with E-state index < -0.39 is 5.97 Å². The summed E-state index contributed by atoms with van der Waals surface area (Å²) in [5.74, 6) is -1.01. The Kier molecular flexibility index (Phi) is 4.98. The molecule has 0 atom stereocenters. The Bertz CT molecular complexity index is 429. The lowest BCUT2D eigenvalue weighted by molar-refractivity contribution is 0.0696. The smallest absolute Gasteiger partial charge is 0.335 e. The minimum Gasteiger partial charge on any atom is -0.481 e. The van der Waals surface area contributed by atoms with Gasteiger partial charge in [-0.1, -0.05) is 6.07 Å². The van der Waals surface area contributed by atoms with Gasteiger partial charge in [0.05, 0.1) is 12.7 Å². The van der Waals surface area contributed by atoms with Gasteiger partial charge in [0, 0.05) is 5.56 Å². The van der Waals surface area contributed by atoms with E-state index in [0.29, 0.717) is 11.1 Å². The molecule has 0 unspecified atom stereocenters. The van der Waals surface area contributed by atoms with Crippen LogP contribution < -0.4 is 0 Å². The van der Waals surface area contributed by atoms with Crippen LogP contribution in [0.3, 0.4) is 0 Å². The van der Waals surface area contributed by atoms with Crippen molar-refractivity contribution in [1.82, 2.24) is 0 Å². The number of rotatable bonds is 2. The molecule has 5 heteroatoms. The highest BCUT2D eigenvalue weighted by Gasteiger charge is 2.13. The zero-order valence-corrected chi connectivity index (χ0v) is 10.1. The van der Waals surface area contributed by atoms with Crippen LogP contribution in [0.2, 0.25) is 0 Å². The first-order valence-electron chi connectivity index (χ1n) is 4.44. The predicted octanol–water partition coefficient (Wildman–Crippen LogP) is 2.40. The fourth-order valence-electron chi connectivity index (χ4n) is 1.44. The van der Waals surface area contributed by atoms with Crippen molar-refractivity contribution >= 4 is 24.3 Å². The molecule has 0 saturated carbocycles. The van der Waals surface area contributed by atoms with Crippen LogP contribution in [-0.2, 0) is 4.74 Å². The molecule has 2 N–H and O–H groups in total. The molecule has 0 aromatic heterocycles. The van der Waals surface area contributed by atoms with Gasteiger partial charge in [0.15, 0.2) is 0 Å². The number of carboxylic acid groups (broad SMARTS) is 1. The Morgan fingerprint density at radius 2 is 1.75 bits per heavy atom. The number of carboxylic acids is 1. The fourth-order valence-corrected chi connectivity index (χ4v) is 1.44. The Hall–Kier alpha value is -1.55. The van der Waals surface area contributed by atoms with Crippen LogP contribution in [0.5, 0.6) is 0 Å². The topological polar surface area (TPSA) is 70.4 Å². The van der Waals surface area contributed by atoms with E-state index >= 15 is 0 Å². The number of carbonyl (C=O) groups is 1. The van der Waals surface area contributed by atoms with Crippen molar-refractivity contribution in [2.45, 2.75) is 13.8 Å². The van der Waals surface area contributed by atoms with Crippen molar-refractivity contribution in [3.05, 3.63) is 34.4 Å². The summed E-state index contributed by atoms with van der Waals surface area (Å²) in [7, 11) is 1.39. The Morgan fingerprint density at radius 3 is 2.19 bits per heavy atom. The molecule has 1 aromatic carbocycles. The summed E-state index contributed by atoms with van der Waals surface area (Å²) in [6, 6.07) is 3.21. The Morgan fingerprint density at radius 1 is 1.25 bits per heavy atom. The third-order valence-electron chi connectivity index (χ3n) is 2.25. The molecule has 4 nitrogen and oxygen atoms in total. The van der Waals surface area contributed by atoms with E-state index in [4.69, 9.17) is 15.3 Å². The number of nitrogens with one attached hydrogen (secondary N) is 1. The van der Waals surface area contributed by atoms with Crippen molar-refractivity contribution in [2.24, 2.45) is 0 Å². The van der Waals surface area contributed by atoms with E-state index in [2.05, 4.69) is 0 Å². The van der Waals surface area contributed by atoms with Crippen molar-refractivity contribution < 1.29 is 14.6 Å². The summed E-state index contributed by atoms with van der Waals surface area (Å²) in [5.41, 5.74) is 2.25. The van der Waals surface area contributed by atoms with Crippen LogP contribution >= 0.6 is 12.4 Å². The van der Waals surface area contributed by atoms with Crippen molar-refractivity contribution in [1.29, 1.82) is 5.41 Å². The number of benzene rings is 1. The van der Waals surface area contributed by atoms with Gasteiger partial charge in [-0.15, -0.1) is 12.4 Å². The van der Waals surface area contributed by atoms with Gasteiger partial charge in [-0.3, -0.25) is 5.41 Å². The van der Waals surface area contributed by atoms with E-state index in [-0.39, 0.29) is 23.9 Å². The number of ether oxygens (including phenoxy) is 1. The number of methoxy groups -OCH3 is 1. The Labute approximate surface area is 100 Å². The Balaban J connectivity index is 0.00000225. The minimum absolute atomic E-state index is 0. The molecule has 0 spiro atoms. The number of hydrogen-bond acceptors (Lipinski definition) is 3. The molecule has 16 heavy (non-hydrogen) atoms. The van der Waals surface area contributed by atoms with Crippen LogP contribution in [0, 0.1) is 19.3 Å². The molecule has 0 radical (unpaired) electrons. The van der Waals surface area contributed by atoms with Gasteiger partial charge in [0.2, 0.25) is 5.90 Å². The van der Waals surface area contributed by atoms with E-state index in [1.807, 2.05) is 6.92 Å². The summed E-state index contributed by atoms with van der Waals surface area (Å²) in [6.45, 7) is 3.55. The van der Waals surface area contributed by atoms with Crippen LogP contribution in [0.15, 0.2) is 12.1 Å². The van der Waals surface area contributed by atoms with Gasteiger partial charge in [-0.2, -0.15) is 0 Å². The predicted molar refractivity (Wildman–Crippen MR) is 64.0 cm³/mol. The highest BCUT2D eigenvalue weighted by Crippen LogP contribution is 2.16. The molecular formula is C11H14ClNO3. The van der Waals surface area contributed by atoms with Crippen molar-refractivity contribution in [3.63, 3.8) is 0 Å². The van der Waals surface area contributed by atoms with E-state index in [0.717, 1.165) is 5.56 Å². The van der Waals surface area contributed by atoms with E-state index in [9.17, 15) is 4.79 Å². The van der Waals surface area contributed by atoms with Gasteiger partial charge >= 0.3 is 5.97 Å². The molecule has 0 fully saturated rings. The number of aryl methyl sites for hydroxylation is 2. The maximum atomic E-state index is 10.9. The summed E-state index contributed by atoms with van der Waals surface area (Å²) in [5, 5.41) is 16.4. The quantitative estimate of drug-likeness (QED) is 0.619. The highest BCUT2D eigenvalue weighted by molar-refractivity contribution is 5.97. The van der Waals surface area contributed by atoms with Crippen LogP contribution in [0.25, 0.3) is 0 Å². The summed E-state index contributed by atoms with van der Waals surface area (Å²) < 4.78 is 4.78. The molecule has 0 aliphatic rings. The van der Waals surface area contributed by atoms with Crippen LogP contribution in [0.4, 0.5) is 0 Å². The molecule has 0 saturated heterocycles. The molecule has 88 valence electrons. The lowest BCUT2D eigenvalue weighted by Crippen LogP contribution is -2.08. The van der Waals surface area contributed by atoms with Gasteiger partial charge in [-0.05, 0) is 31.0 Å². The standard InChI is InChI=1S/C11H13NO3.ClH/c1-6-4-7(2)9(11(13)14)5-8(6)10(12)15-3;/h4-5,12H,1-3H3,(H,13,14);1H. The summed E-state index contributed by atoms with van der Waals surface area (Å²) in [6.07, 6.45) is 0. The third kappa shape index (κ3) is 2.73. The van der Waals surface area contributed by atoms with Crippen molar-refractivity contribution in [2.75, 3.05) is 7.11 Å². The molecule has 0 aliphatic carbocycles. The SMILES string of the molecule is COC(=N)c1cc(C(=O)O)c(C)cc1C.Cl. The van der Waals surface area contributed by atoms with Gasteiger partial charge in [-0.25, -0.2) is 4.79 Å².